The van der Waals surface area contributed by atoms with Gasteiger partial charge in [-0.05, 0) is 62.3 Å². The van der Waals surface area contributed by atoms with E-state index in [-0.39, 0.29) is 5.97 Å². The Morgan fingerprint density at radius 3 is 2.50 bits per heavy atom. The standard InChI is InChI=1S/C22H27N3O2S/c1-4-27-21(26)18-9-5-6-10-19(18)23-22(28)25-14-12-24(13-15-25)20-11-7-8-16(2)17(20)3/h5-11H,4,12-15H2,1-3H3,(H,23,28). The third-order valence-electron chi connectivity index (χ3n) is 5.15. The van der Waals surface area contributed by atoms with Crippen LogP contribution in [-0.4, -0.2) is 48.8 Å². The maximum atomic E-state index is 12.2. The van der Waals surface area contributed by atoms with Gasteiger partial charge in [-0.3, -0.25) is 0 Å². The van der Waals surface area contributed by atoms with E-state index >= 15 is 0 Å². The number of carbonyl (C=O) groups excluding carboxylic acids is 1. The van der Waals surface area contributed by atoms with E-state index in [1.807, 2.05) is 18.2 Å². The Hall–Kier alpha value is -2.60. The van der Waals surface area contributed by atoms with Crippen molar-refractivity contribution in [1.82, 2.24) is 4.90 Å². The molecule has 148 valence electrons. The number of rotatable bonds is 4. The molecule has 0 bridgehead atoms. The summed E-state index contributed by atoms with van der Waals surface area (Å²) in [4.78, 5) is 16.7. The number of benzene rings is 2. The van der Waals surface area contributed by atoms with Crippen molar-refractivity contribution < 1.29 is 9.53 Å². The van der Waals surface area contributed by atoms with E-state index in [1.165, 1.54) is 16.8 Å². The largest absolute Gasteiger partial charge is 0.462 e. The van der Waals surface area contributed by atoms with Gasteiger partial charge in [-0.25, -0.2) is 4.79 Å². The van der Waals surface area contributed by atoms with E-state index in [1.54, 1.807) is 13.0 Å². The highest BCUT2D eigenvalue weighted by Gasteiger charge is 2.21. The molecule has 1 fully saturated rings. The average molecular weight is 398 g/mol. The van der Waals surface area contributed by atoms with Gasteiger partial charge in [-0.2, -0.15) is 0 Å². The SMILES string of the molecule is CCOC(=O)c1ccccc1NC(=S)N1CCN(c2cccc(C)c2C)CC1. The van der Waals surface area contributed by atoms with Gasteiger partial charge in [0.2, 0.25) is 0 Å². The molecule has 3 rings (SSSR count). The number of hydrogen-bond acceptors (Lipinski definition) is 4. The van der Waals surface area contributed by atoms with Gasteiger partial charge < -0.3 is 19.9 Å². The number of carbonyl (C=O) groups is 1. The van der Waals surface area contributed by atoms with E-state index in [2.05, 4.69) is 47.2 Å². The quantitative estimate of drug-likeness (QED) is 0.622. The molecule has 2 aromatic carbocycles. The van der Waals surface area contributed by atoms with Crippen LogP contribution in [0.3, 0.4) is 0 Å². The van der Waals surface area contributed by atoms with E-state index in [4.69, 9.17) is 17.0 Å². The molecule has 2 aromatic rings. The van der Waals surface area contributed by atoms with Gasteiger partial charge in [0, 0.05) is 31.9 Å². The molecule has 1 N–H and O–H groups in total. The second-order valence-corrected chi connectivity index (χ2v) is 7.28. The number of nitrogens with one attached hydrogen (secondary N) is 1. The summed E-state index contributed by atoms with van der Waals surface area (Å²) in [5.41, 5.74) is 5.13. The molecule has 0 unspecified atom stereocenters. The van der Waals surface area contributed by atoms with Crippen LogP contribution in [0.5, 0.6) is 0 Å². The van der Waals surface area contributed by atoms with Crippen LogP contribution in [0, 0.1) is 13.8 Å². The third-order valence-corrected chi connectivity index (χ3v) is 5.51. The van der Waals surface area contributed by atoms with Gasteiger partial charge in [0.05, 0.1) is 17.9 Å². The second kappa shape index (κ2) is 9.06. The van der Waals surface area contributed by atoms with Crippen LogP contribution in [0.25, 0.3) is 0 Å². The zero-order chi connectivity index (χ0) is 20.1. The lowest BCUT2D eigenvalue weighted by atomic mass is 10.1. The first kappa shape index (κ1) is 20.1. The van der Waals surface area contributed by atoms with Crippen molar-refractivity contribution in [2.75, 3.05) is 43.0 Å². The monoisotopic (exact) mass is 397 g/mol. The molecule has 1 aliphatic heterocycles. The molecule has 0 radical (unpaired) electrons. The van der Waals surface area contributed by atoms with Crippen molar-refractivity contribution in [2.45, 2.75) is 20.8 Å². The lowest BCUT2D eigenvalue weighted by Crippen LogP contribution is -2.50. The van der Waals surface area contributed by atoms with E-state index in [0.29, 0.717) is 23.0 Å². The number of para-hydroxylation sites is 1. The molecule has 28 heavy (non-hydrogen) atoms. The minimum absolute atomic E-state index is 0.340. The molecule has 0 aromatic heterocycles. The molecular weight excluding hydrogens is 370 g/mol. The topological polar surface area (TPSA) is 44.8 Å². The lowest BCUT2D eigenvalue weighted by Gasteiger charge is -2.38. The fraction of sp³-hybridized carbons (Fsp3) is 0.364. The van der Waals surface area contributed by atoms with Gasteiger partial charge in [0.25, 0.3) is 0 Å². The van der Waals surface area contributed by atoms with Crippen molar-refractivity contribution in [2.24, 2.45) is 0 Å². The minimum Gasteiger partial charge on any atom is -0.462 e. The zero-order valence-corrected chi connectivity index (χ0v) is 17.5. The van der Waals surface area contributed by atoms with E-state index < -0.39 is 0 Å². The van der Waals surface area contributed by atoms with Crippen LogP contribution in [0.1, 0.15) is 28.4 Å². The number of thiocarbonyl (C=S) groups is 1. The molecule has 1 aliphatic rings. The van der Waals surface area contributed by atoms with Gasteiger partial charge in [0.15, 0.2) is 5.11 Å². The lowest BCUT2D eigenvalue weighted by molar-refractivity contribution is 0.0527. The van der Waals surface area contributed by atoms with Gasteiger partial charge in [-0.1, -0.05) is 24.3 Å². The average Bonchev–Trinajstić information content (AvgIpc) is 2.71. The predicted molar refractivity (Wildman–Crippen MR) is 118 cm³/mol. The molecule has 5 nitrogen and oxygen atoms in total. The van der Waals surface area contributed by atoms with Crippen LogP contribution < -0.4 is 10.2 Å². The summed E-state index contributed by atoms with van der Waals surface area (Å²) in [7, 11) is 0. The highest BCUT2D eigenvalue weighted by Crippen LogP contribution is 2.24. The Bertz CT molecular complexity index is 861. The van der Waals surface area contributed by atoms with Crippen LogP contribution in [0.2, 0.25) is 0 Å². The van der Waals surface area contributed by atoms with Gasteiger partial charge in [-0.15, -0.1) is 0 Å². The summed E-state index contributed by atoms with van der Waals surface area (Å²) >= 11 is 5.61. The Kier molecular flexibility index (Phi) is 6.52. The number of anilines is 2. The second-order valence-electron chi connectivity index (χ2n) is 6.89. The number of esters is 1. The minimum atomic E-state index is -0.340. The Labute approximate surface area is 172 Å². The molecule has 0 aliphatic carbocycles. The summed E-state index contributed by atoms with van der Waals surface area (Å²) in [6.07, 6.45) is 0. The maximum absolute atomic E-state index is 12.2. The highest BCUT2D eigenvalue weighted by atomic mass is 32.1. The molecule has 6 heteroatoms. The normalized spacial score (nSPS) is 14.0. The van der Waals surface area contributed by atoms with Crippen molar-refractivity contribution in [3.8, 4) is 0 Å². The van der Waals surface area contributed by atoms with Crippen LogP contribution in [0.4, 0.5) is 11.4 Å². The van der Waals surface area contributed by atoms with E-state index in [0.717, 1.165) is 26.2 Å². The molecule has 0 atom stereocenters. The highest BCUT2D eigenvalue weighted by molar-refractivity contribution is 7.80. The first-order chi connectivity index (χ1) is 13.5. The number of aryl methyl sites for hydroxylation is 1. The van der Waals surface area contributed by atoms with Gasteiger partial charge in [0.1, 0.15) is 0 Å². The molecule has 0 spiro atoms. The molecule has 0 saturated carbocycles. The van der Waals surface area contributed by atoms with Crippen molar-refractivity contribution in [3.63, 3.8) is 0 Å². The van der Waals surface area contributed by atoms with Crippen molar-refractivity contribution >= 4 is 34.7 Å². The summed E-state index contributed by atoms with van der Waals surface area (Å²) in [6.45, 7) is 9.95. The van der Waals surface area contributed by atoms with E-state index in [9.17, 15) is 4.79 Å². The molecule has 1 saturated heterocycles. The predicted octanol–water partition coefficient (Wildman–Crippen LogP) is 4.00. The first-order valence-electron chi connectivity index (χ1n) is 9.64. The Balaban J connectivity index is 1.63. The Morgan fingerprint density at radius 1 is 1.07 bits per heavy atom. The fourth-order valence-electron chi connectivity index (χ4n) is 3.40. The first-order valence-corrected chi connectivity index (χ1v) is 10.0. The summed E-state index contributed by atoms with van der Waals surface area (Å²) in [5.74, 6) is -0.340. The maximum Gasteiger partial charge on any atom is 0.340 e. The third kappa shape index (κ3) is 4.44. The van der Waals surface area contributed by atoms with Crippen molar-refractivity contribution in [1.29, 1.82) is 0 Å². The smallest absolute Gasteiger partial charge is 0.340 e. The molecule has 1 heterocycles. The summed E-state index contributed by atoms with van der Waals surface area (Å²) in [5, 5.41) is 3.87. The fourth-order valence-corrected chi connectivity index (χ4v) is 3.69. The van der Waals surface area contributed by atoms with Crippen LogP contribution in [-0.2, 0) is 4.74 Å². The molecule has 0 amide bonds. The number of nitrogens with zero attached hydrogens (tertiary/aromatic N) is 2. The Morgan fingerprint density at radius 2 is 1.79 bits per heavy atom. The van der Waals surface area contributed by atoms with Crippen molar-refractivity contribution in [3.05, 3.63) is 59.2 Å². The van der Waals surface area contributed by atoms with Crippen LogP contribution in [0.15, 0.2) is 42.5 Å². The summed E-state index contributed by atoms with van der Waals surface area (Å²) < 4.78 is 5.14. The number of ether oxygens (including phenoxy) is 1. The number of hydrogen-bond donors (Lipinski definition) is 1. The zero-order valence-electron chi connectivity index (χ0n) is 16.7. The summed E-state index contributed by atoms with van der Waals surface area (Å²) in [6, 6.07) is 13.8. The number of piperazine rings is 1. The molecular formula is C22H27N3O2S. The van der Waals surface area contributed by atoms with Gasteiger partial charge >= 0.3 is 5.97 Å². The van der Waals surface area contributed by atoms with Crippen LogP contribution >= 0.6 is 12.2 Å².